The molecule has 2 aliphatic heterocycles. The summed E-state index contributed by atoms with van der Waals surface area (Å²) in [6, 6.07) is 44.1. The summed E-state index contributed by atoms with van der Waals surface area (Å²) >= 11 is 0. The number of benzene rings is 7. The number of halogens is 2. The third kappa shape index (κ3) is 4.84. The topological polar surface area (TPSA) is 37.4 Å². The van der Waals surface area contributed by atoms with E-state index in [9.17, 15) is 8.78 Å². The quantitative estimate of drug-likeness (QED) is 0.170. The molecule has 52 heavy (non-hydrogen) atoms. The van der Waals surface area contributed by atoms with Gasteiger partial charge in [-0.25, -0.2) is 8.78 Å². The molecule has 9 rings (SSSR count). The molecule has 7 aromatic carbocycles. The molecule has 7 aromatic rings. The molecule has 0 bridgehead atoms. The first-order valence-electron chi connectivity index (χ1n) is 17.2. The lowest BCUT2D eigenvalue weighted by molar-refractivity contribution is 0.592. The highest BCUT2D eigenvalue weighted by Crippen LogP contribution is 2.61. The van der Waals surface area contributed by atoms with Gasteiger partial charge in [-0.2, -0.15) is 0 Å². The molecule has 2 heterocycles. The van der Waals surface area contributed by atoms with Gasteiger partial charge in [-0.1, -0.05) is 83.9 Å². The van der Waals surface area contributed by atoms with Crippen LogP contribution in [0.1, 0.15) is 16.7 Å². The van der Waals surface area contributed by atoms with Gasteiger partial charge < -0.3 is 14.0 Å². The number of fused-ring (bicyclic) bond motifs is 4. The van der Waals surface area contributed by atoms with E-state index in [0.29, 0.717) is 48.6 Å². The molecule has 0 N–H and O–H groups in total. The zero-order chi connectivity index (χ0) is 35.9. The summed E-state index contributed by atoms with van der Waals surface area (Å²) < 4.78 is 61.7. The fraction of sp³-hybridized carbons (Fsp3) is 0.0667. The van der Waals surface area contributed by atoms with Crippen LogP contribution in [0.15, 0.2) is 146 Å². The minimum atomic E-state index is -3.63. The van der Waals surface area contributed by atoms with Crippen LogP contribution in [0.5, 0.6) is 0 Å². The van der Waals surface area contributed by atoms with Gasteiger partial charge in [-0.05, 0) is 121 Å². The molecule has 0 aromatic heterocycles. The van der Waals surface area contributed by atoms with Crippen LogP contribution < -0.4 is 36.7 Å². The van der Waals surface area contributed by atoms with Crippen molar-refractivity contribution in [2.24, 2.45) is 0 Å². The van der Waals surface area contributed by atoms with Gasteiger partial charge in [-0.15, -0.1) is 0 Å². The molecule has 2 atom stereocenters. The summed E-state index contributed by atoms with van der Waals surface area (Å²) in [6.45, 7) is 5.95. The van der Waals surface area contributed by atoms with Crippen LogP contribution in [-0.4, -0.2) is 0 Å². The monoisotopic (exact) mass is 719 g/mol. The number of nitrogens with zero attached hydrogens (tertiary/aromatic N) is 1. The Kier molecular flexibility index (Phi) is 7.42. The molecular weight excluding hydrogens is 686 g/mol. The molecule has 254 valence electrons. The van der Waals surface area contributed by atoms with Crippen molar-refractivity contribution in [2.45, 2.75) is 20.8 Å². The van der Waals surface area contributed by atoms with Crippen molar-refractivity contribution in [1.82, 2.24) is 0 Å². The first kappa shape index (κ1) is 32.6. The number of anilines is 3. The summed E-state index contributed by atoms with van der Waals surface area (Å²) in [6.07, 6.45) is 0. The van der Waals surface area contributed by atoms with Crippen molar-refractivity contribution in [1.29, 1.82) is 0 Å². The van der Waals surface area contributed by atoms with Gasteiger partial charge >= 0.3 is 0 Å². The van der Waals surface area contributed by atoms with Gasteiger partial charge in [0.15, 0.2) is 14.3 Å². The lowest BCUT2D eigenvalue weighted by Crippen LogP contribution is -2.46. The normalized spacial score (nSPS) is 18.4. The predicted octanol–water partition coefficient (Wildman–Crippen LogP) is 9.60. The highest BCUT2D eigenvalue weighted by atomic mass is 31.2. The maximum Gasteiger partial charge on any atom is 0.175 e. The average Bonchev–Trinajstić information content (AvgIpc) is 3.15. The van der Waals surface area contributed by atoms with E-state index in [1.165, 1.54) is 24.3 Å². The molecule has 0 fully saturated rings. The number of rotatable bonds is 4. The fourth-order valence-electron chi connectivity index (χ4n) is 7.88. The van der Waals surface area contributed by atoms with Crippen LogP contribution in [0.3, 0.4) is 0 Å². The maximum absolute atomic E-state index is 16.4. The molecule has 0 aliphatic carbocycles. The smallest absolute Gasteiger partial charge is 0.175 e. The molecule has 0 saturated heterocycles. The molecule has 2 aliphatic rings. The molecular formula is C45H33F2NO2P2. The van der Waals surface area contributed by atoms with Crippen LogP contribution >= 0.6 is 14.3 Å². The van der Waals surface area contributed by atoms with Crippen LogP contribution in [0, 0.1) is 32.4 Å². The predicted molar refractivity (Wildman–Crippen MR) is 212 cm³/mol. The van der Waals surface area contributed by atoms with E-state index in [-0.39, 0.29) is 11.6 Å². The standard InChI is InChI=1S/C45H33F2NO2P2/c1-28-16-18-39-41(20-28)51(49,37-14-6-10-33(26-37)31-8-4-12-35(46)24-31)43-22-30(3)23-44-45(43)48(39)40-19-17-29(2)21-42(40)52(44,50)38-15-7-11-34(27-38)32-9-5-13-36(47)25-32/h4-27H,1-3H3. The lowest BCUT2D eigenvalue weighted by atomic mass is 10.1. The maximum atomic E-state index is 16.4. The van der Waals surface area contributed by atoms with Gasteiger partial charge in [0, 0.05) is 31.8 Å². The van der Waals surface area contributed by atoms with Crippen molar-refractivity contribution in [3.63, 3.8) is 0 Å². The zero-order valence-corrected chi connectivity index (χ0v) is 30.6. The summed E-state index contributed by atoms with van der Waals surface area (Å²) in [5.41, 5.74) is 7.87. The van der Waals surface area contributed by atoms with E-state index < -0.39 is 14.3 Å². The Morgan fingerprint density at radius 2 is 0.808 bits per heavy atom. The second kappa shape index (κ2) is 11.9. The molecule has 0 amide bonds. The van der Waals surface area contributed by atoms with Gasteiger partial charge in [0.2, 0.25) is 0 Å². The SMILES string of the molecule is Cc1ccc2c(c1)P(=O)(c1cccc(-c3cccc(F)c3)c1)c1cc(C)cc3c1N2c1ccc(C)cc1P3(=O)c1cccc(-c2cccc(F)c2)c1. The Labute approximate surface area is 302 Å². The van der Waals surface area contributed by atoms with E-state index in [4.69, 9.17) is 0 Å². The molecule has 0 radical (unpaired) electrons. The van der Waals surface area contributed by atoms with Gasteiger partial charge in [0.1, 0.15) is 11.6 Å². The summed E-state index contributed by atoms with van der Waals surface area (Å²) in [7, 11) is -7.27. The molecule has 0 saturated carbocycles. The van der Waals surface area contributed by atoms with Crippen LogP contribution in [-0.2, 0) is 9.13 Å². The van der Waals surface area contributed by atoms with Gasteiger partial charge in [0.05, 0.1) is 17.1 Å². The summed E-state index contributed by atoms with van der Waals surface area (Å²) in [5.74, 6) is -0.689. The van der Waals surface area contributed by atoms with Crippen molar-refractivity contribution in [3.05, 3.63) is 174 Å². The van der Waals surface area contributed by atoms with E-state index in [2.05, 4.69) is 4.90 Å². The second-order valence-electron chi connectivity index (χ2n) is 13.8. The summed E-state index contributed by atoms with van der Waals surface area (Å²) in [5, 5.41) is 3.86. The third-order valence-corrected chi connectivity index (χ3v) is 16.4. The second-order valence-corrected chi connectivity index (χ2v) is 19.2. The first-order chi connectivity index (χ1) is 25.0. The third-order valence-electron chi connectivity index (χ3n) is 10.3. The highest BCUT2D eigenvalue weighted by Gasteiger charge is 2.50. The Morgan fingerprint density at radius 1 is 0.423 bits per heavy atom. The first-order valence-corrected chi connectivity index (χ1v) is 20.6. The molecule has 3 nitrogen and oxygen atoms in total. The number of hydrogen-bond acceptors (Lipinski definition) is 3. The zero-order valence-electron chi connectivity index (χ0n) is 28.8. The van der Waals surface area contributed by atoms with Crippen molar-refractivity contribution in [2.75, 3.05) is 4.90 Å². The Balaban J connectivity index is 1.37. The average molecular weight is 720 g/mol. The Hall–Kier alpha value is -5.34. The van der Waals surface area contributed by atoms with Gasteiger partial charge in [0.25, 0.3) is 0 Å². The van der Waals surface area contributed by atoms with E-state index >= 15 is 9.13 Å². The van der Waals surface area contributed by atoms with Crippen LogP contribution in [0.2, 0.25) is 0 Å². The Morgan fingerprint density at radius 3 is 1.23 bits per heavy atom. The van der Waals surface area contributed by atoms with Gasteiger partial charge in [-0.3, -0.25) is 0 Å². The Bertz CT molecular complexity index is 2560. The van der Waals surface area contributed by atoms with E-state index in [0.717, 1.165) is 39.2 Å². The van der Waals surface area contributed by atoms with Crippen molar-refractivity contribution < 1.29 is 17.9 Å². The van der Waals surface area contributed by atoms with Crippen LogP contribution in [0.4, 0.5) is 25.8 Å². The molecule has 2 unspecified atom stereocenters. The number of aryl methyl sites for hydroxylation is 3. The minimum Gasteiger partial charge on any atom is -0.308 e. The van der Waals surface area contributed by atoms with E-state index in [1.807, 2.05) is 130 Å². The minimum absolute atomic E-state index is 0.345. The highest BCUT2D eigenvalue weighted by molar-refractivity contribution is 7.88. The summed E-state index contributed by atoms with van der Waals surface area (Å²) in [4.78, 5) is 2.15. The van der Waals surface area contributed by atoms with Crippen molar-refractivity contribution in [3.8, 4) is 22.3 Å². The molecule has 0 spiro atoms. The molecule has 7 heteroatoms. The number of hydrogen-bond donors (Lipinski definition) is 0. The fourth-order valence-corrected chi connectivity index (χ4v) is 14.4. The van der Waals surface area contributed by atoms with Crippen LogP contribution in [0.25, 0.3) is 22.3 Å². The largest absolute Gasteiger partial charge is 0.308 e. The van der Waals surface area contributed by atoms with E-state index in [1.54, 1.807) is 12.1 Å². The van der Waals surface area contributed by atoms with Crippen molar-refractivity contribution >= 4 is 63.2 Å². The lowest BCUT2D eigenvalue weighted by Gasteiger charge is -2.44.